The molecule has 8 rings (SSSR count). The number of ketones is 2. The minimum atomic E-state index is -1.50. The number of carbonyl (C=O) groups excluding carboxylic acids is 13. The number of ether oxygens (including phenoxy) is 1. The number of amides is 12. The van der Waals surface area contributed by atoms with Crippen molar-refractivity contribution in [3.8, 4) is 0 Å². The van der Waals surface area contributed by atoms with Crippen LogP contribution in [0.4, 0.5) is 4.79 Å². The first-order valence-corrected chi connectivity index (χ1v) is 36.6. The Bertz CT molecular complexity index is 3210. The zero-order chi connectivity index (χ0) is 71.8. The van der Waals surface area contributed by atoms with E-state index in [4.69, 9.17) is 4.74 Å². The molecule has 0 unspecified atom stereocenters. The van der Waals surface area contributed by atoms with Crippen LogP contribution >= 0.6 is 11.8 Å². The summed E-state index contributed by atoms with van der Waals surface area (Å²) in [5.74, 6) is -9.97. The van der Waals surface area contributed by atoms with Crippen LogP contribution < -0.4 is 58.5 Å². The largest absolute Gasteiger partial charge is 0.481 e. The van der Waals surface area contributed by atoms with E-state index in [1.807, 2.05) is 42.1 Å². The SMILES string of the molecule is CC[C@@H]1NC(=O)[C@H](CCC(=O)O)NC(=O)CNC(=O)[C@H](C(C)C)NC(=O)[C@H](Cc2cnc[nH]2)NC(=O)[C@H](C2CC2)NC(=O)[C@H]2CCCN2C(=O)[C@@H](NC(=O)CCOCCCC(=O)CCCC[C@@H]2SC[C@@H]3NC(=O)N[C@@H]32)CCCNC(=O)[C@H](CCc2ccccc2)NC(=O)[C@H](C2CC2)CC1=O. The monoisotopic (exact) mass is 1410 g/mol. The van der Waals surface area contributed by atoms with Crippen molar-refractivity contribution in [3.63, 3.8) is 0 Å². The number of aromatic amines is 1. The third-order valence-electron chi connectivity index (χ3n) is 19.3. The molecule has 0 bridgehead atoms. The first kappa shape index (κ1) is 77.3. The number of fused-ring (bicyclic) bond motifs is 2. The van der Waals surface area contributed by atoms with Crippen LogP contribution in [0.2, 0.25) is 0 Å². The highest BCUT2D eigenvalue weighted by Crippen LogP contribution is 2.39. The van der Waals surface area contributed by atoms with E-state index >= 15 is 0 Å². The summed E-state index contributed by atoms with van der Waals surface area (Å²) >= 11 is 1.83. The minimum absolute atomic E-state index is 0.0199. The number of aromatic nitrogens is 2. The van der Waals surface area contributed by atoms with Gasteiger partial charge in [0, 0.05) is 87.0 Å². The van der Waals surface area contributed by atoms with Crippen molar-refractivity contribution in [2.45, 2.75) is 228 Å². The molecule has 548 valence electrons. The first-order valence-electron chi connectivity index (χ1n) is 35.6. The van der Waals surface area contributed by atoms with Gasteiger partial charge in [0.2, 0.25) is 59.1 Å². The molecule has 12 amide bonds. The van der Waals surface area contributed by atoms with Crippen LogP contribution in [-0.4, -0.2) is 207 Å². The van der Waals surface area contributed by atoms with Gasteiger partial charge in [-0.1, -0.05) is 57.5 Å². The van der Waals surface area contributed by atoms with Crippen molar-refractivity contribution in [1.29, 1.82) is 0 Å². The molecule has 1 aromatic heterocycles. The Morgan fingerprint density at radius 2 is 1.40 bits per heavy atom. The van der Waals surface area contributed by atoms with E-state index in [0.29, 0.717) is 68.7 Å². The van der Waals surface area contributed by atoms with Crippen LogP contribution in [0.1, 0.15) is 160 Å². The normalized spacial score (nSPS) is 27.6. The molecule has 4 aliphatic heterocycles. The molecule has 1 aromatic carbocycles. The number of carboxylic acids is 1. The molecular weight excluding hydrogens is 1310 g/mol. The van der Waals surface area contributed by atoms with Crippen LogP contribution in [0.3, 0.4) is 0 Å². The third kappa shape index (κ3) is 23.8. The van der Waals surface area contributed by atoms with Crippen molar-refractivity contribution in [2.75, 3.05) is 38.6 Å². The molecule has 30 nitrogen and oxygen atoms in total. The van der Waals surface area contributed by atoms with Gasteiger partial charge in [-0.3, -0.25) is 62.3 Å². The van der Waals surface area contributed by atoms with E-state index in [-0.39, 0.29) is 113 Å². The fraction of sp³-hybridized carbons (Fsp3) is 0.667. The molecule has 6 aliphatic rings. The third-order valence-corrected chi connectivity index (χ3v) is 20.8. The van der Waals surface area contributed by atoms with Gasteiger partial charge in [-0.05, 0) is 120 Å². The predicted molar refractivity (Wildman–Crippen MR) is 365 cm³/mol. The number of aliphatic carboxylic acids is 1. The molecule has 0 spiro atoms. The molecule has 2 saturated carbocycles. The average molecular weight is 1410 g/mol. The number of unbranched alkanes of at least 4 members (excludes halogenated alkanes) is 1. The minimum Gasteiger partial charge on any atom is -0.481 e. The fourth-order valence-corrected chi connectivity index (χ4v) is 14.8. The van der Waals surface area contributed by atoms with E-state index < -0.39 is 150 Å². The van der Waals surface area contributed by atoms with Crippen molar-refractivity contribution < 1.29 is 77.0 Å². The molecular formula is C69H100N14O16S. The number of rotatable bonds is 25. The summed E-state index contributed by atoms with van der Waals surface area (Å²) < 4.78 is 5.79. The van der Waals surface area contributed by atoms with Crippen LogP contribution in [-0.2, 0) is 79.9 Å². The number of urea groups is 1. The molecule has 4 saturated heterocycles. The second-order valence-electron chi connectivity index (χ2n) is 27.5. The van der Waals surface area contributed by atoms with Gasteiger partial charge in [0.15, 0.2) is 5.78 Å². The van der Waals surface area contributed by atoms with E-state index in [0.717, 1.165) is 30.6 Å². The summed E-state index contributed by atoms with van der Waals surface area (Å²) in [6.45, 7) is 4.43. The molecule has 31 heteroatoms. The molecule has 12 atom stereocenters. The highest BCUT2D eigenvalue weighted by atomic mass is 32.2. The summed E-state index contributed by atoms with van der Waals surface area (Å²) in [7, 11) is 0. The number of imidazole rings is 1. The summed E-state index contributed by atoms with van der Waals surface area (Å²) in [6, 6.07) is -0.537. The molecule has 100 heavy (non-hydrogen) atoms. The quantitative estimate of drug-likeness (QED) is 0.0483. The smallest absolute Gasteiger partial charge is 0.315 e. The highest BCUT2D eigenvalue weighted by Gasteiger charge is 2.46. The zero-order valence-corrected chi connectivity index (χ0v) is 58.2. The zero-order valence-electron chi connectivity index (χ0n) is 57.4. The maximum absolute atomic E-state index is 14.9. The summed E-state index contributed by atoms with van der Waals surface area (Å²) in [5.41, 5.74) is 1.31. The van der Waals surface area contributed by atoms with Crippen molar-refractivity contribution in [1.82, 2.24) is 73.4 Å². The molecule has 13 N–H and O–H groups in total. The number of H-pyrrole nitrogens is 1. The van der Waals surface area contributed by atoms with Crippen LogP contribution in [0.15, 0.2) is 42.9 Å². The number of hydrogen-bond donors (Lipinski definition) is 13. The average Bonchev–Trinajstić information content (AvgIpc) is 1.64. The Morgan fingerprint density at radius 1 is 0.680 bits per heavy atom. The predicted octanol–water partition coefficient (Wildman–Crippen LogP) is 0.804. The topological polar surface area (TPSA) is 433 Å². The lowest BCUT2D eigenvalue weighted by Gasteiger charge is -2.30. The van der Waals surface area contributed by atoms with Crippen LogP contribution in [0.5, 0.6) is 0 Å². The summed E-state index contributed by atoms with van der Waals surface area (Å²) in [5, 5.41) is 40.4. The number of nitrogens with zero attached hydrogens (tertiary/aromatic N) is 2. The molecule has 6 fully saturated rings. The van der Waals surface area contributed by atoms with Gasteiger partial charge in [0.05, 0.1) is 37.6 Å². The Kier molecular flexibility index (Phi) is 29.6. The van der Waals surface area contributed by atoms with Gasteiger partial charge in [-0.25, -0.2) is 9.78 Å². The maximum Gasteiger partial charge on any atom is 0.315 e. The molecule has 2 aromatic rings. The van der Waals surface area contributed by atoms with Crippen molar-refractivity contribution >= 4 is 94.4 Å². The summed E-state index contributed by atoms with van der Waals surface area (Å²) in [6.07, 6.45) is 8.47. The molecule has 2 aliphatic carbocycles. The second-order valence-corrected chi connectivity index (χ2v) is 28.7. The van der Waals surface area contributed by atoms with Crippen LogP contribution in [0.25, 0.3) is 0 Å². The number of aryl methyl sites for hydroxylation is 1. The Labute approximate surface area is 586 Å². The van der Waals surface area contributed by atoms with E-state index in [9.17, 15) is 72.2 Å². The first-order chi connectivity index (χ1) is 48.0. The van der Waals surface area contributed by atoms with E-state index in [2.05, 4.69) is 68.5 Å². The number of thioether (sulfide) groups is 1. The Morgan fingerprint density at radius 3 is 2.11 bits per heavy atom. The van der Waals surface area contributed by atoms with Crippen molar-refractivity contribution in [2.24, 2.45) is 23.7 Å². The Hall–Kier alpha value is -8.48. The lowest BCUT2D eigenvalue weighted by molar-refractivity contribution is -0.142. The number of carbonyl (C=O) groups is 14. The Balaban J connectivity index is 0.983. The van der Waals surface area contributed by atoms with Crippen LogP contribution in [0, 0.1) is 23.7 Å². The number of benzene rings is 1. The number of nitrogens with one attached hydrogen (secondary N) is 12. The lowest BCUT2D eigenvalue weighted by atomic mass is 9.91. The number of carboxylic acid groups (broad SMARTS) is 1. The standard InChI is InChI=1S/C69H100N14O16S/c1-4-46-53(85)34-45(41-21-22-41)61(90)77-47(25-20-40-13-6-5-7-14-40)62(91)71-29-10-17-49(75-55(86)28-32-99-31-12-16-44(84)15-8-9-19-54-60-51(37-100-54)79-69(98)82-60)68(97)83-30-11-18-52(83)65(94)81-59(42-23-24-42)67(96)78-50(33-43-35-70-38-73-43)64(93)80-58(39(2)3)66(95)72-36-56(87)74-48(63(92)76-46)26-27-57(88)89/h5-7,13-14,35,38-39,41-42,45-52,54,58-60H,4,8-12,15-34,36-37H2,1-3H3,(H,70,73)(H,71,91)(H,72,95)(H,74,87)(H,75,86)(H,76,92)(H,77,90)(H,78,96)(H,80,93)(H,81,94)(H,88,89)(H2,79,82,98)/t45-,46-,47-,48-,49-,50-,51-,52+,54-,58-,59-,60-/m0/s1. The van der Waals surface area contributed by atoms with Gasteiger partial charge >= 0.3 is 12.0 Å². The fourth-order valence-electron chi connectivity index (χ4n) is 13.3. The van der Waals surface area contributed by atoms with Gasteiger partial charge in [-0.15, -0.1) is 0 Å². The maximum atomic E-state index is 14.9. The van der Waals surface area contributed by atoms with E-state index in [1.54, 1.807) is 20.8 Å². The van der Waals surface area contributed by atoms with Crippen molar-refractivity contribution in [3.05, 3.63) is 54.1 Å². The second kappa shape index (κ2) is 38.4. The molecule has 5 heterocycles. The van der Waals surface area contributed by atoms with Gasteiger partial charge in [-0.2, -0.15) is 11.8 Å². The number of Topliss-reactive ketones (excluding diaryl/α,β-unsaturated/α-hetero) is 2. The van der Waals surface area contributed by atoms with Gasteiger partial charge in [0.1, 0.15) is 48.1 Å². The molecule has 0 radical (unpaired) electrons. The van der Waals surface area contributed by atoms with E-state index in [1.165, 1.54) is 17.4 Å². The lowest BCUT2D eigenvalue weighted by Crippen LogP contribution is -2.60. The number of hydrogen-bond acceptors (Lipinski definition) is 17. The van der Waals surface area contributed by atoms with Gasteiger partial charge in [0.25, 0.3) is 0 Å². The summed E-state index contributed by atoms with van der Waals surface area (Å²) in [4.78, 5) is 201. The highest BCUT2D eigenvalue weighted by molar-refractivity contribution is 8.00. The van der Waals surface area contributed by atoms with Gasteiger partial charge < -0.3 is 78.2 Å².